The van der Waals surface area contributed by atoms with Crippen LogP contribution in [0.2, 0.25) is 0 Å². The summed E-state index contributed by atoms with van der Waals surface area (Å²) in [6.45, 7) is 1.43. The fraction of sp³-hybridized carbons (Fsp3) is 0.143. The number of halogens is 4. The maximum Gasteiger partial charge on any atom is 0.207 e. The second-order valence-corrected chi connectivity index (χ2v) is 4.21. The van der Waals surface area contributed by atoms with Gasteiger partial charge in [0, 0.05) is 0 Å². The molecule has 0 amide bonds. The monoisotopic (exact) mass is 281 g/mol. The lowest BCUT2D eigenvalue weighted by Crippen LogP contribution is -2.36. The van der Waals surface area contributed by atoms with E-state index in [-0.39, 0.29) is 11.3 Å². The number of hydrogen-bond donors (Lipinski definition) is 0. The van der Waals surface area contributed by atoms with Gasteiger partial charge in [-0.05, 0) is 41.6 Å². The van der Waals surface area contributed by atoms with Crippen molar-refractivity contribution in [2.75, 3.05) is 7.11 Å². The Kier molecular flexibility index (Phi) is 4.02. The van der Waals surface area contributed by atoms with Gasteiger partial charge >= 0.3 is 0 Å². The number of aryl methyl sites for hydroxylation is 1. The summed E-state index contributed by atoms with van der Waals surface area (Å²) in [5, 5.41) is 0. The van der Waals surface area contributed by atoms with Crippen LogP contribution in [-0.4, -0.2) is 14.4 Å². The second kappa shape index (κ2) is 5.57. The summed E-state index contributed by atoms with van der Waals surface area (Å²) < 4.78 is 59.8. The summed E-state index contributed by atoms with van der Waals surface area (Å²) in [5.74, 6) is -3.89. The van der Waals surface area contributed by atoms with E-state index in [1.165, 1.54) is 20.1 Å². The Hall–Kier alpha value is -1.98. The first-order valence-corrected chi connectivity index (χ1v) is 5.77. The number of hydrogen-bond acceptors (Lipinski definition) is 1. The van der Waals surface area contributed by atoms with Crippen molar-refractivity contribution in [1.82, 2.24) is 0 Å². The Morgan fingerprint density at radius 2 is 1.40 bits per heavy atom. The molecule has 0 saturated carbocycles. The van der Waals surface area contributed by atoms with Crippen molar-refractivity contribution < 1.29 is 22.3 Å². The van der Waals surface area contributed by atoms with Gasteiger partial charge in [-0.1, -0.05) is 6.07 Å². The van der Waals surface area contributed by atoms with Gasteiger partial charge in [0.1, 0.15) is 17.5 Å². The average Bonchev–Trinajstić information content (AvgIpc) is 2.42. The molecule has 0 bridgehead atoms. The fourth-order valence-electron chi connectivity index (χ4n) is 1.79. The maximum atomic E-state index is 13.9. The fourth-order valence-corrected chi connectivity index (χ4v) is 1.79. The van der Waals surface area contributed by atoms with Gasteiger partial charge in [-0.15, -0.1) is 0 Å². The highest BCUT2D eigenvalue weighted by atomic mass is 19.1. The smallest absolute Gasteiger partial charge is 0.207 e. The van der Waals surface area contributed by atoms with Crippen LogP contribution in [0.3, 0.4) is 0 Å². The Bertz CT molecular complexity index is 658. The van der Waals surface area contributed by atoms with Crippen LogP contribution in [0.15, 0.2) is 24.3 Å². The van der Waals surface area contributed by atoms with Crippen LogP contribution in [0, 0.1) is 30.2 Å². The lowest BCUT2D eigenvalue weighted by molar-refractivity contribution is 0.386. The van der Waals surface area contributed by atoms with E-state index in [1.54, 1.807) is 0 Å². The standard InChI is InChI=1S/C14H10BF4O/c1-7-3-4-8(16)11(13(7)18)15-12-9(17)5-6-10(20-2)14(12)19/h3-6H,1-2H3. The van der Waals surface area contributed by atoms with E-state index in [0.29, 0.717) is 0 Å². The van der Waals surface area contributed by atoms with Gasteiger partial charge in [-0.2, -0.15) is 0 Å². The van der Waals surface area contributed by atoms with E-state index in [0.717, 1.165) is 25.5 Å². The van der Waals surface area contributed by atoms with E-state index in [4.69, 9.17) is 4.74 Å². The molecule has 1 nitrogen and oxygen atoms in total. The minimum atomic E-state index is -1.01. The highest BCUT2D eigenvalue weighted by molar-refractivity contribution is 6.67. The van der Waals surface area contributed by atoms with Gasteiger partial charge in [-0.25, -0.2) is 17.6 Å². The molecule has 0 aliphatic carbocycles. The first-order chi connectivity index (χ1) is 9.45. The molecule has 2 aromatic carbocycles. The van der Waals surface area contributed by atoms with Crippen LogP contribution in [0.25, 0.3) is 0 Å². The second-order valence-electron chi connectivity index (χ2n) is 4.21. The van der Waals surface area contributed by atoms with Crippen LogP contribution in [0.4, 0.5) is 17.6 Å². The van der Waals surface area contributed by atoms with E-state index in [9.17, 15) is 17.6 Å². The predicted octanol–water partition coefficient (Wildman–Crippen LogP) is 2.22. The van der Waals surface area contributed by atoms with Crippen molar-refractivity contribution in [3.63, 3.8) is 0 Å². The number of methoxy groups -OCH3 is 1. The molecule has 0 spiro atoms. The van der Waals surface area contributed by atoms with Crippen LogP contribution in [-0.2, 0) is 0 Å². The molecule has 0 fully saturated rings. The van der Waals surface area contributed by atoms with Gasteiger partial charge in [0.2, 0.25) is 7.28 Å². The molecule has 0 saturated heterocycles. The van der Waals surface area contributed by atoms with Gasteiger partial charge < -0.3 is 4.74 Å². The molecule has 0 N–H and O–H groups in total. The lowest BCUT2D eigenvalue weighted by atomic mass is 9.62. The van der Waals surface area contributed by atoms with Gasteiger partial charge in [0.25, 0.3) is 0 Å². The van der Waals surface area contributed by atoms with Crippen LogP contribution >= 0.6 is 0 Å². The zero-order valence-electron chi connectivity index (χ0n) is 10.8. The Balaban J connectivity index is 2.53. The zero-order valence-corrected chi connectivity index (χ0v) is 10.8. The van der Waals surface area contributed by atoms with Crippen molar-refractivity contribution in [2.24, 2.45) is 0 Å². The van der Waals surface area contributed by atoms with Crippen LogP contribution < -0.4 is 15.7 Å². The Morgan fingerprint density at radius 3 is 2.00 bits per heavy atom. The number of benzene rings is 2. The number of ether oxygens (including phenoxy) is 1. The minimum absolute atomic E-state index is 0.182. The van der Waals surface area contributed by atoms with Crippen molar-refractivity contribution >= 4 is 18.2 Å². The average molecular weight is 281 g/mol. The molecule has 103 valence electrons. The molecule has 0 unspecified atom stereocenters. The summed E-state index contributed by atoms with van der Waals surface area (Å²) >= 11 is 0. The number of rotatable bonds is 3. The Labute approximate surface area is 114 Å². The van der Waals surface area contributed by atoms with Gasteiger partial charge in [-0.3, -0.25) is 0 Å². The SMILES string of the molecule is COc1ccc(F)c([B]c2c(F)ccc(C)c2F)c1F. The first kappa shape index (κ1) is 14.4. The van der Waals surface area contributed by atoms with Gasteiger partial charge in [0.05, 0.1) is 7.11 Å². The van der Waals surface area contributed by atoms with E-state index >= 15 is 0 Å². The quantitative estimate of drug-likeness (QED) is 0.619. The first-order valence-electron chi connectivity index (χ1n) is 5.77. The van der Waals surface area contributed by atoms with Crippen molar-refractivity contribution in [2.45, 2.75) is 6.92 Å². The summed E-state index contributed by atoms with van der Waals surface area (Å²) in [6.07, 6.45) is 0. The zero-order chi connectivity index (χ0) is 14.9. The molecule has 2 rings (SSSR count). The van der Waals surface area contributed by atoms with E-state index in [2.05, 4.69) is 0 Å². The predicted molar refractivity (Wildman–Crippen MR) is 69.0 cm³/mol. The molecule has 20 heavy (non-hydrogen) atoms. The summed E-state index contributed by atoms with van der Waals surface area (Å²) in [6, 6.07) is 4.37. The topological polar surface area (TPSA) is 9.23 Å². The van der Waals surface area contributed by atoms with E-state index < -0.39 is 34.2 Å². The largest absolute Gasteiger partial charge is 0.494 e. The minimum Gasteiger partial charge on any atom is -0.494 e. The molecule has 0 aliphatic heterocycles. The maximum absolute atomic E-state index is 13.9. The third-order valence-corrected chi connectivity index (χ3v) is 2.92. The van der Waals surface area contributed by atoms with Crippen molar-refractivity contribution in [3.8, 4) is 5.75 Å². The summed E-state index contributed by atoms with van der Waals surface area (Å²) in [7, 11) is 2.01. The molecule has 6 heteroatoms. The molecular formula is C14H10BF4O. The van der Waals surface area contributed by atoms with Crippen LogP contribution in [0.1, 0.15) is 5.56 Å². The lowest BCUT2D eigenvalue weighted by Gasteiger charge is -2.10. The van der Waals surface area contributed by atoms with E-state index in [1.807, 2.05) is 0 Å². The Morgan fingerprint density at radius 1 is 0.850 bits per heavy atom. The highest BCUT2D eigenvalue weighted by Gasteiger charge is 2.20. The van der Waals surface area contributed by atoms with Crippen LogP contribution in [0.5, 0.6) is 5.75 Å². The van der Waals surface area contributed by atoms with Crippen molar-refractivity contribution in [1.29, 1.82) is 0 Å². The normalized spacial score (nSPS) is 10.5. The molecule has 2 aromatic rings. The highest BCUT2D eigenvalue weighted by Crippen LogP contribution is 2.15. The molecule has 0 aliphatic rings. The molecule has 1 radical (unpaired) electrons. The molecule has 0 aromatic heterocycles. The third kappa shape index (κ3) is 2.50. The summed E-state index contributed by atoms with van der Waals surface area (Å²) in [4.78, 5) is 0. The summed E-state index contributed by atoms with van der Waals surface area (Å²) in [5.41, 5.74) is -0.856. The van der Waals surface area contributed by atoms with Crippen molar-refractivity contribution in [3.05, 3.63) is 53.1 Å². The molecule has 0 heterocycles. The molecular weight excluding hydrogens is 271 g/mol. The third-order valence-electron chi connectivity index (χ3n) is 2.92. The van der Waals surface area contributed by atoms with Gasteiger partial charge in [0.15, 0.2) is 11.6 Å². The molecule has 0 atom stereocenters.